The first-order valence-electron chi connectivity index (χ1n) is 10.9. The summed E-state index contributed by atoms with van der Waals surface area (Å²) in [5.74, 6) is -1.77. The standard InChI is InChI=1S/C21H40N4O5S2/c1-7-13(4)17(20(28)24-16(12(2)3)21(29)30)25-19(27)15(9-11-32-6)23-18(26)14(22)8-10-31-5/h12-17H,7-11,22H2,1-6H3,(H,23,26)(H,24,28)(H,25,27)(H,29,30). The van der Waals surface area contributed by atoms with Crippen LogP contribution in [-0.4, -0.2) is 77.0 Å². The summed E-state index contributed by atoms with van der Waals surface area (Å²) in [5, 5.41) is 17.4. The van der Waals surface area contributed by atoms with Gasteiger partial charge >= 0.3 is 5.97 Å². The Morgan fingerprint density at radius 2 is 1.38 bits per heavy atom. The molecule has 5 atom stereocenters. The van der Waals surface area contributed by atoms with E-state index in [1.165, 1.54) is 11.8 Å². The van der Waals surface area contributed by atoms with Gasteiger partial charge in [0, 0.05) is 0 Å². The van der Waals surface area contributed by atoms with E-state index in [1.54, 1.807) is 25.6 Å². The molecular weight excluding hydrogens is 452 g/mol. The van der Waals surface area contributed by atoms with Crippen molar-refractivity contribution in [1.82, 2.24) is 16.0 Å². The number of hydrogen-bond acceptors (Lipinski definition) is 7. The summed E-state index contributed by atoms with van der Waals surface area (Å²) in [6.45, 7) is 7.09. The molecule has 5 unspecified atom stereocenters. The minimum absolute atomic E-state index is 0.235. The van der Waals surface area contributed by atoms with Crippen LogP contribution in [0.4, 0.5) is 0 Å². The Morgan fingerprint density at radius 3 is 1.84 bits per heavy atom. The van der Waals surface area contributed by atoms with Crippen molar-refractivity contribution in [2.24, 2.45) is 17.6 Å². The zero-order valence-corrected chi connectivity index (χ0v) is 21.6. The summed E-state index contributed by atoms with van der Waals surface area (Å²) >= 11 is 3.12. The van der Waals surface area contributed by atoms with Gasteiger partial charge in [0.25, 0.3) is 0 Å². The molecule has 0 aliphatic heterocycles. The maximum Gasteiger partial charge on any atom is 0.326 e. The van der Waals surface area contributed by atoms with Crippen LogP contribution in [0.15, 0.2) is 0 Å². The lowest BCUT2D eigenvalue weighted by Crippen LogP contribution is -2.59. The number of nitrogens with one attached hydrogen (secondary N) is 3. The summed E-state index contributed by atoms with van der Waals surface area (Å²) in [4.78, 5) is 49.9. The smallest absolute Gasteiger partial charge is 0.326 e. The van der Waals surface area contributed by atoms with Crippen LogP contribution < -0.4 is 21.7 Å². The first kappa shape index (κ1) is 30.5. The number of nitrogens with two attached hydrogens (primary N) is 1. The first-order chi connectivity index (χ1) is 15.0. The van der Waals surface area contributed by atoms with Gasteiger partial charge in [0.2, 0.25) is 17.7 Å². The van der Waals surface area contributed by atoms with E-state index in [9.17, 15) is 24.3 Å². The average Bonchev–Trinajstić information content (AvgIpc) is 2.75. The van der Waals surface area contributed by atoms with Crippen LogP contribution in [0.5, 0.6) is 0 Å². The lowest BCUT2D eigenvalue weighted by Gasteiger charge is -2.28. The lowest BCUT2D eigenvalue weighted by molar-refractivity contribution is -0.144. The van der Waals surface area contributed by atoms with Gasteiger partial charge < -0.3 is 26.8 Å². The molecule has 3 amide bonds. The number of rotatable bonds is 16. The van der Waals surface area contributed by atoms with Gasteiger partial charge in [-0.2, -0.15) is 23.5 Å². The zero-order valence-electron chi connectivity index (χ0n) is 20.0. The Kier molecular flexibility index (Phi) is 15.5. The molecule has 6 N–H and O–H groups in total. The third-order valence-electron chi connectivity index (χ3n) is 5.24. The third-order valence-corrected chi connectivity index (χ3v) is 6.52. The van der Waals surface area contributed by atoms with Gasteiger partial charge in [-0.1, -0.05) is 34.1 Å². The highest BCUT2D eigenvalue weighted by Crippen LogP contribution is 2.12. The van der Waals surface area contributed by atoms with Gasteiger partial charge in [0.1, 0.15) is 18.1 Å². The highest BCUT2D eigenvalue weighted by atomic mass is 32.2. The van der Waals surface area contributed by atoms with E-state index < -0.39 is 47.9 Å². The second-order valence-electron chi connectivity index (χ2n) is 8.17. The fraction of sp³-hybridized carbons (Fsp3) is 0.810. The number of carbonyl (C=O) groups excluding carboxylic acids is 3. The Labute approximate surface area is 200 Å². The lowest BCUT2D eigenvalue weighted by atomic mass is 9.96. The third kappa shape index (κ3) is 10.9. The minimum Gasteiger partial charge on any atom is -0.480 e. The molecular formula is C21H40N4O5S2. The summed E-state index contributed by atoms with van der Waals surface area (Å²) in [5.41, 5.74) is 5.93. The number of carboxylic acid groups (broad SMARTS) is 1. The van der Waals surface area contributed by atoms with Crippen LogP contribution in [0.3, 0.4) is 0 Å². The molecule has 11 heteroatoms. The van der Waals surface area contributed by atoms with Crippen molar-refractivity contribution in [2.75, 3.05) is 24.0 Å². The van der Waals surface area contributed by atoms with E-state index in [0.717, 1.165) is 5.75 Å². The van der Waals surface area contributed by atoms with E-state index in [4.69, 9.17) is 5.73 Å². The molecule has 0 saturated carbocycles. The van der Waals surface area contributed by atoms with Crippen LogP contribution >= 0.6 is 23.5 Å². The topological polar surface area (TPSA) is 151 Å². The quantitative estimate of drug-likeness (QED) is 0.215. The molecule has 0 spiro atoms. The van der Waals surface area contributed by atoms with Gasteiger partial charge in [-0.05, 0) is 48.7 Å². The van der Waals surface area contributed by atoms with Crippen molar-refractivity contribution in [3.8, 4) is 0 Å². The molecule has 32 heavy (non-hydrogen) atoms. The molecule has 186 valence electrons. The van der Waals surface area contributed by atoms with Crippen molar-refractivity contribution in [1.29, 1.82) is 0 Å². The van der Waals surface area contributed by atoms with E-state index in [0.29, 0.717) is 25.0 Å². The summed E-state index contributed by atoms with van der Waals surface area (Å²) in [6, 6.07) is -3.54. The number of amides is 3. The number of hydrogen-bond donors (Lipinski definition) is 5. The summed E-state index contributed by atoms with van der Waals surface area (Å²) in [6.07, 6.45) is 5.29. The predicted molar refractivity (Wildman–Crippen MR) is 132 cm³/mol. The molecule has 0 aromatic carbocycles. The maximum atomic E-state index is 13.0. The van der Waals surface area contributed by atoms with Crippen molar-refractivity contribution in [3.63, 3.8) is 0 Å². The first-order valence-corrected chi connectivity index (χ1v) is 13.7. The van der Waals surface area contributed by atoms with Crippen molar-refractivity contribution in [2.45, 2.75) is 71.1 Å². The van der Waals surface area contributed by atoms with Gasteiger partial charge in [0.15, 0.2) is 0 Å². The van der Waals surface area contributed by atoms with Crippen LogP contribution in [0, 0.1) is 11.8 Å². The van der Waals surface area contributed by atoms with E-state index in [1.807, 2.05) is 26.4 Å². The average molecular weight is 493 g/mol. The number of carboxylic acids is 1. The number of thioether (sulfide) groups is 2. The number of aliphatic carboxylic acids is 1. The minimum atomic E-state index is -1.13. The van der Waals surface area contributed by atoms with Crippen LogP contribution in [0.1, 0.15) is 47.0 Å². The molecule has 0 fully saturated rings. The van der Waals surface area contributed by atoms with Crippen molar-refractivity contribution < 1.29 is 24.3 Å². The molecule has 9 nitrogen and oxygen atoms in total. The normalized spacial score (nSPS) is 15.9. The highest BCUT2D eigenvalue weighted by Gasteiger charge is 2.33. The fourth-order valence-electron chi connectivity index (χ4n) is 2.87. The summed E-state index contributed by atoms with van der Waals surface area (Å²) < 4.78 is 0. The molecule has 0 saturated heterocycles. The molecule has 0 rings (SSSR count). The monoisotopic (exact) mass is 492 g/mol. The van der Waals surface area contributed by atoms with Gasteiger partial charge in [0.05, 0.1) is 6.04 Å². The Balaban J connectivity index is 5.45. The largest absolute Gasteiger partial charge is 0.480 e. The van der Waals surface area contributed by atoms with E-state index in [-0.39, 0.29) is 11.8 Å². The molecule has 0 radical (unpaired) electrons. The molecule has 0 aliphatic carbocycles. The van der Waals surface area contributed by atoms with Crippen LogP contribution in [-0.2, 0) is 19.2 Å². The molecule has 0 aromatic heterocycles. The van der Waals surface area contributed by atoms with Crippen molar-refractivity contribution >= 4 is 47.2 Å². The van der Waals surface area contributed by atoms with Gasteiger partial charge in [-0.15, -0.1) is 0 Å². The maximum absolute atomic E-state index is 13.0. The zero-order chi connectivity index (χ0) is 24.8. The summed E-state index contributed by atoms with van der Waals surface area (Å²) in [7, 11) is 0. The SMILES string of the molecule is CCC(C)C(NC(=O)C(CCSC)NC(=O)C(N)CCSC)C(=O)NC(C(=O)O)C(C)C. The Bertz CT molecular complexity index is 621. The van der Waals surface area contributed by atoms with E-state index in [2.05, 4.69) is 16.0 Å². The fourth-order valence-corrected chi connectivity index (χ4v) is 3.83. The van der Waals surface area contributed by atoms with Gasteiger partial charge in [-0.3, -0.25) is 14.4 Å². The Morgan fingerprint density at radius 1 is 0.844 bits per heavy atom. The molecule has 0 heterocycles. The second-order valence-corrected chi connectivity index (χ2v) is 10.1. The van der Waals surface area contributed by atoms with Crippen molar-refractivity contribution in [3.05, 3.63) is 0 Å². The number of carbonyl (C=O) groups is 4. The second kappa shape index (κ2) is 16.2. The van der Waals surface area contributed by atoms with Gasteiger partial charge in [-0.25, -0.2) is 4.79 Å². The predicted octanol–water partition coefficient (Wildman–Crippen LogP) is 1.06. The van der Waals surface area contributed by atoms with Crippen LogP contribution in [0.25, 0.3) is 0 Å². The van der Waals surface area contributed by atoms with E-state index >= 15 is 0 Å². The molecule has 0 bridgehead atoms. The van der Waals surface area contributed by atoms with Crippen LogP contribution in [0.2, 0.25) is 0 Å². The Hall–Kier alpha value is -1.46. The molecule has 0 aliphatic rings. The molecule has 0 aromatic rings. The highest BCUT2D eigenvalue weighted by molar-refractivity contribution is 7.98.